The number of amides is 1. The zero-order chi connectivity index (χ0) is 30.8. The van der Waals surface area contributed by atoms with E-state index in [4.69, 9.17) is 16.2 Å². The molecule has 11 heteroatoms. The van der Waals surface area contributed by atoms with E-state index in [2.05, 4.69) is 23.6 Å². The van der Waals surface area contributed by atoms with Crippen LogP contribution in [0.4, 0.5) is 0 Å². The van der Waals surface area contributed by atoms with Gasteiger partial charge >= 0.3 is 5.97 Å². The van der Waals surface area contributed by atoms with Gasteiger partial charge in [-0.25, -0.2) is 8.42 Å². The van der Waals surface area contributed by atoms with Gasteiger partial charge in [-0.05, 0) is 61.3 Å². The average molecular weight is 600 g/mol. The number of guanidine groups is 1. The number of aliphatic imine (C=N–C) groups is 1. The Balaban J connectivity index is 1.73. The van der Waals surface area contributed by atoms with Gasteiger partial charge in [-0.1, -0.05) is 63.2 Å². The smallest absolute Gasteiger partial charge is 0.305 e. The number of rotatable bonds is 14. The zero-order valence-electron chi connectivity index (χ0n) is 24.9. The Bertz CT molecular complexity index is 1320. The summed E-state index contributed by atoms with van der Waals surface area (Å²) in [4.78, 5) is 30.9. The second kappa shape index (κ2) is 15.2. The fourth-order valence-corrected chi connectivity index (χ4v) is 6.44. The topological polar surface area (TPSA) is 157 Å². The van der Waals surface area contributed by atoms with Crippen molar-refractivity contribution in [3.8, 4) is 0 Å². The number of sulfonamides is 1. The van der Waals surface area contributed by atoms with Gasteiger partial charge < -0.3 is 21.1 Å². The molecule has 1 amide bonds. The lowest BCUT2D eigenvalue weighted by atomic mass is 9.78. The van der Waals surface area contributed by atoms with Crippen molar-refractivity contribution in [3.63, 3.8) is 0 Å². The highest BCUT2D eigenvalue weighted by Crippen LogP contribution is 2.32. The molecular formula is C31H45N5O5S. The van der Waals surface area contributed by atoms with Crippen LogP contribution in [0.2, 0.25) is 0 Å². The zero-order valence-corrected chi connectivity index (χ0v) is 25.7. The van der Waals surface area contributed by atoms with E-state index in [1.807, 2.05) is 36.4 Å². The Morgan fingerprint density at radius 3 is 2.38 bits per heavy atom. The number of ether oxygens (including phenoxy) is 1. The summed E-state index contributed by atoms with van der Waals surface area (Å²) in [5, 5.41) is 0. The van der Waals surface area contributed by atoms with E-state index < -0.39 is 21.5 Å². The molecule has 0 aromatic heterocycles. The summed E-state index contributed by atoms with van der Waals surface area (Å²) in [5.41, 5.74) is 12.4. The van der Waals surface area contributed by atoms with Crippen molar-refractivity contribution >= 4 is 27.9 Å². The summed E-state index contributed by atoms with van der Waals surface area (Å²) in [6, 6.07) is 15.8. The quantitative estimate of drug-likeness (QED) is 0.130. The molecule has 1 aliphatic heterocycles. The van der Waals surface area contributed by atoms with Crippen molar-refractivity contribution in [2.45, 2.75) is 75.6 Å². The fourth-order valence-electron chi connectivity index (χ4n) is 5.17. The van der Waals surface area contributed by atoms with Crippen LogP contribution in [0, 0.1) is 5.92 Å². The molecule has 1 aliphatic rings. The molecule has 2 aromatic rings. The van der Waals surface area contributed by atoms with Crippen molar-refractivity contribution < 1.29 is 22.7 Å². The Morgan fingerprint density at radius 1 is 1.07 bits per heavy atom. The molecular weight excluding hydrogens is 554 g/mol. The van der Waals surface area contributed by atoms with E-state index >= 15 is 0 Å². The Morgan fingerprint density at radius 2 is 1.74 bits per heavy atom. The molecule has 1 saturated heterocycles. The number of benzene rings is 2. The van der Waals surface area contributed by atoms with Crippen LogP contribution >= 0.6 is 0 Å². The Labute approximate surface area is 249 Å². The number of likely N-dealkylation sites (tertiary alicyclic amines) is 1. The van der Waals surface area contributed by atoms with Gasteiger partial charge in [0.15, 0.2) is 5.96 Å². The lowest BCUT2D eigenvalue weighted by Crippen LogP contribution is -2.50. The van der Waals surface area contributed by atoms with Crippen LogP contribution in [0.5, 0.6) is 0 Å². The summed E-state index contributed by atoms with van der Waals surface area (Å²) in [6.07, 6.45) is 3.30. The minimum atomic E-state index is -4.03. The van der Waals surface area contributed by atoms with Crippen molar-refractivity contribution in [2.75, 3.05) is 26.2 Å². The summed E-state index contributed by atoms with van der Waals surface area (Å²) in [6.45, 7) is 7.54. The summed E-state index contributed by atoms with van der Waals surface area (Å²) < 4.78 is 35.2. The van der Waals surface area contributed by atoms with E-state index in [0.29, 0.717) is 38.5 Å². The van der Waals surface area contributed by atoms with Gasteiger partial charge in [-0.2, -0.15) is 4.72 Å². The van der Waals surface area contributed by atoms with E-state index in [1.165, 1.54) is 0 Å². The molecule has 3 rings (SSSR count). The van der Waals surface area contributed by atoms with Crippen LogP contribution in [-0.4, -0.2) is 63.4 Å². The van der Waals surface area contributed by atoms with Crippen LogP contribution in [-0.2, 0) is 29.8 Å². The van der Waals surface area contributed by atoms with Gasteiger partial charge in [0.25, 0.3) is 0 Å². The number of esters is 1. The maximum Gasteiger partial charge on any atom is 0.305 e. The summed E-state index contributed by atoms with van der Waals surface area (Å²) in [7, 11) is -4.03. The van der Waals surface area contributed by atoms with Crippen LogP contribution in [0.25, 0.3) is 0 Å². The first-order valence-electron chi connectivity index (χ1n) is 14.6. The highest BCUT2D eigenvalue weighted by Gasteiger charge is 2.32. The molecule has 1 heterocycles. The maximum atomic E-state index is 13.6. The third-order valence-electron chi connectivity index (χ3n) is 7.91. The number of nitrogens with one attached hydrogen (secondary N) is 1. The van der Waals surface area contributed by atoms with Crippen molar-refractivity contribution in [1.82, 2.24) is 9.62 Å². The Kier molecular flexibility index (Phi) is 11.9. The van der Waals surface area contributed by atoms with Crippen LogP contribution < -0.4 is 16.2 Å². The predicted octanol–water partition coefficient (Wildman–Crippen LogP) is 3.29. The van der Waals surface area contributed by atoms with Crippen LogP contribution in [0.15, 0.2) is 64.5 Å². The van der Waals surface area contributed by atoms with Gasteiger partial charge in [0.1, 0.15) is 6.04 Å². The number of nitrogens with zero attached hydrogens (tertiary/aromatic N) is 2. The first-order valence-corrected chi connectivity index (χ1v) is 16.1. The van der Waals surface area contributed by atoms with Gasteiger partial charge in [-0.15, -0.1) is 0 Å². The molecule has 5 N–H and O–H groups in total. The standard InChI is InChI=1S/C31H45N5O5S/c1-4-28(37)41-21-17-23-15-19-36(20-16-23)29(38)27(14-9-18-34-30(32)33)35-42(39,40)26-13-8-12-25(22-26)31(2,3)24-10-6-5-7-11-24/h5-8,10-13,22-23,27,35H,4,9,14-21H2,1-3H3,(H4,32,33,34)/t27-/m0/s1. The lowest BCUT2D eigenvalue weighted by Gasteiger charge is -2.34. The van der Waals surface area contributed by atoms with Crippen molar-refractivity contribution in [1.29, 1.82) is 0 Å². The summed E-state index contributed by atoms with van der Waals surface area (Å²) in [5.74, 6) is -0.193. The van der Waals surface area contributed by atoms with E-state index in [1.54, 1.807) is 30.0 Å². The van der Waals surface area contributed by atoms with Gasteiger partial charge in [-0.3, -0.25) is 14.6 Å². The largest absolute Gasteiger partial charge is 0.466 e. The maximum absolute atomic E-state index is 13.6. The Hall–Kier alpha value is -3.44. The third-order valence-corrected chi connectivity index (χ3v) is 9.38. The molecule has 1 atom stereocenters. The van der Waals surface area contributed by atoms with Crippen LogP contribution in [0.3, 0.4) is 0 Å². The molecule has 10 nitrogen and oxygen atoms in total. The second-order valence-electron chi connectivity index (χ2n) is 11.3. The minimum Gasteiger partial charge on any atom is -0.466 e. The molecule has 0 saturated carbocycles. The average Bonchev–Trinajstić information content (AvgIpc) is 2.99. The molecule has 42 heavy (non-hydrogen) atoms. The normalized spacial score (nSPS) is 15.2. The molecule has 0 aliphatic carbocycles. The predicted molar refractivity (Wildman–Crippen MR) is 164 cm³/mol. The molecule has 0 radical (unpaired) electrons. The number of carbonyl (C=O) groups is 2. The first-order chi connectivity index (χ1) is 19.9. The number of piperidine rings is 1. The second-order valence-corrected chi connectivity index (χ2v) is 13.0. The van der Waals surface area contributed by atoms with E-state index in [0.717, 1.165) is 30.4 Å². The molecule has 0 bridgehead atoms. The van der Waals surface area contributed by atoms with Crippen LogP contribution in [0.1, 0.15) is 70.4 Å². The van der Waals surface area contributed by atoms with Gasteiger partial charge in [0.05, 0.1) is 11.5 Å². The number of nitrogens with two attached hydrogens (primary N) is 2. The first kappa shape index (κ1) is 33.1. The molecule has 1 fully saturated rings. The van der Waals surface area contributed by atoms with Crippen molar-refractivity contribution in [3.05, 3.63) is 65.7 Å². The highest BCUT2D eigenvalue weighted by molar-refractivity contribution is 7.89. The van der Waals surface area contributed by atoms with E-state index in [9.17, 15) is 18.0 Å². The molecule has 2 aromatic carbocycles. The molecule has 0 unspecified atom stereocenters. The minimum absolute atomic E-state index is 0.0528. The van der Waals surface area contributed by atoms with Gasteiger partial charge in [0.2, 0.25) is 15.9 Å². The number of carbonyl (C=O) groups excluding carboxylic acids is 2. The van der Waals surface area contributed by atoms with Gasteiger partial charge in [0, 0.05) is 31.5 Å². The monoisotopic (exact) mass is 599 g/mol. The summed E-state index contributed by atoms with van der Waals surface area (Å²) >= 11 is 0. The molecule has 230 valence electrons. The SMILES string of the molecule is CCC(=O)OCCC1CCN(C(=O)[C@H](CCCN=C(N)N)NS(=O)(=O)c2cccc(C(C)(C)c3ccccc3)c2)CC1. The molecule has 0 spiro atoms. The lowest BCUT2D eigenvalue weighted by molar-refractivity contribution is -0.143. The fraction of sp³-hybridized carbons (Fsp3) is 0.516. The van der Waals surface area contributed by atoms with Crippen molar-refractivity contribution in [2.24, 2.45) is 22.4 Å². The third kappa shape index (κ3) is 9.29. The highest BCUT2D eigenvalue weighted by atomic mass is 32.2. The number of hydrogen-bond acceptors (Lipinski definition) is 6. The number of hydrogen-bond donors (Lipinski definition) is 3. The van der Waals surface area contributed by atoms with E-state index in [-0.39, 0.29) is 35.7 Å².